The van der Waals surface area contributed by atoms with Crippen molar-refractivity contribution in [1.29, 1.82) is 0 Å². The van der Waals surface area contributed by atoms with Crippen LogP contribution in [0, 0.1) is 5.92 Å². The average molecular weight is 385 g/mol. The highest BCUT2D eigenvalue weighted by atomic mass is 19.4. The van der Waals surface area contributed by atoms with Gasteiger partial charge in [-0.05, 0) is 31.4 Å². The zero-order chi connectivity index (χ0) is 19.5. The molecule has 1 fully saturated rings. The van der Waals surface area contributed by atoms with Gasteiger partial charge in [-0.25, -0.2) is 9.78 Å². The average Bonchev–Trinajstić information content (AvgIpc) is 2.46. The number of rotatable bonds is 5. The van der Waals surface area contributed by atoms with E-state index in [1.807, 2.05) is 0 Å². The van der Waals surface area contributed by atoms with Crippen molar-refractivity contribution < 1.29 is 35.9 Å². The Morgan fingerprint density at radius 3 is 2.54 bits per heavy atom. The molecule has 2 N–H and O–H groups in total. The molecular formula is C15H17F6N3O2. The van der Waals surface area contributed by atoms with Crippen LogP contribution in [0.3, 0.4) is 0 Å². The van der Waals surface area contributed by atoms with Crippen LogP contribution in [0.4, 0.5) is 31.1 Å². The van der Waals surface area contributed by atoms with Crippen molar-refractivity contribution in [1.82, 2.24) is 15.6 Å². The number of nitrogens with one attached hydrogen (secondary N) is 2. The standard InChI is InChI=1S/C15H17F6N3O2/c1-8(14(16,17)18)26-12-4-9(2-3-22-12)7-23-13(25)24-11-5-10(6-11)15(19,20)21/h2-4,8,10-11H,5-7H2,1H3,(H2,23,24,25). The first-order valence-electron chi connectivity index (χ1n) is 7.74. The maximum atomic E-state index is 12.5. The normalized spacial score (nSPS) is 21.5. The summed E-state index contributed by atoms with van der Waals surface area (Å²) in [5, 5.41) is 4.84. The van der Waals surface area contributed by atoms with Gasteiger partial charge in [0.25, 0.3) is 0 Å². The van der Waals surface area contributed by atoms with Crippen molar-refractivity contribution in [3.05, 3.63) is 23.9 Å². The minimum atomic E-state index is -4.53. The molecule has 1 atom stereocenters. The molecule has 0 saturated heterocycles. The Balaban J connectivity index is 1.77. The monoisotopic (exact) mass is 385 g/mol. The second kappa shape index (κ2) is 7.58. The number of pyridine rings is 1. The Morgan fingerprint density at radius 2 is 1.96 bits per heavy atom. The SMILES string of the molecule is CC(Oc1cc(CNC(=O)NC2CC(C(F)(F)F)C2)ccn1)C(F)(F)F. The van der Waals surface area contributed by atoms with Crippen molar-refractivity contribution in [2.75, 3.05) is 0 Å². The Kier molecular flexibility index (Phi) is 5.87. The molecule has 1 aliphatic carbocycles. The van der Waals surface area contributed by atoms with Crippen LogP contribution in [-0.2, 0) is 6.54 Å². The van der Waals surface area contributed by atoms with E-state index in [2.05, 4.69) is 15.6 Å². The van der Waals surface area contributed by atoms with Crippen molar-refractivity contribution >= 4 is 6.03 Å². The predicted molar refractivity (Wildman–Crippen MR) is 78.3 cm³/mol. The summed E-state index contributed by atoms with van der Waals surface area (Å²) in [6, 6.07) is 1.50. The highest BCUT2D eigenvalue weighted by Crippen LogP contribution is 2.40. The molecule has 1 heterocycles. The van der Waals surface area contributed by atoms with Crippen molar-refractivity contribution in [3.8, 4) is 5.88 Å². The molecule has 146 valence electrons. The van der Waals surface area contributed by atoms with Gasteiger partial charge in [-0.15, -0.1) is 0 Å². The van der Waals surface area contributed by atoms with Crippen molar-refractivity contribution in [3.63, 3.8) is 0 Å². The number of hydrogen-bond acceptors (Lipinski definition) is 3. The van der Waals surface area contributed by atoms with E-state index in [4.69, 9.17) is 4.74 Å². The summed E-state index contributed by atoms with van der Waals surface area (Å²) >= 11 is 0. The highest BCUT2D eigenvalue weighted by Gasteiger charge is 2.48. The molecule has 0 bridgehead atoms. The Labute approximate surface area is 145 Å². The lowest BCUT2D eigenvalue weighted by molar-refractivity contribution is -0.198. The third-order valence-corrected chi connectivity index (χ3v) is 3.95. The van der Waals surface area contributed by atoms with Gasteiger partial charge in [-0.1, -0.05) is 0 Å². The lowest BCUT2D eigenvalue weighted by atomic mass is 9.80. The molecule has 0 aliphatic heterocycles. The summed E-state index contributed by atoms with van der Waals surface area (Å²) in [7, 11) is 0. The predicted octanol–water partition coefficient (Wildman–Crippen LogP) is 3.55. The number of ether oxygens (including phenoxy) is 1. The lowest BCUT2D eigenvalue weighted by Gasteiger charge is -2.36. The number of amides is 2. The maximum Gasteiger partial charge on any atom is 0.425 e. The Morgan fingerprint density at radius 1 is 1.31 bits per heavy atom. The maximum absolute atomic E-state index is 12.5. The van der Waals surface area contributed by atoms with E-state index in [0.29, 0.717) is 5.56 Å². The van der Waals surface area contributed by atoms with Gasteiger partial charge < -0.3 is 15.4 Å². The summed E-state index contributed by atoms with van der Waals surface area (Å²) in [6.45, 7) is 0.799. The van der Waals surface area contributed by atoms with Crippen molar-refractivity contribution in [2.24, 2.45) is 5.92 Å². The summed E-state index contributed by atoms with van der Waals surface area (Å²) in [6.07, 6.45) is -9.93. The fraction of sp³-hybridized carbons (Fsp3) is 0.600. The molecule has 11 heteroatoms. The first-order valence-corrected chi connectivity index (χ1v) is 7.74. The smallest absolute Gasteiger partial charge is 0.425 e. The summed E-state index contributed by atoms with van der Waals surface area (Å²) in [5.41, 5.74) is 0.432. The van der Waals surface area contributed by atoms with Crippen LogP contribution in [0.25, 0.3) is 0 Å². The number of alkyl halides is 6. The zero-order valence-corrected chi connectivity index (χ0v) is 13.6. The van der Waals surface area contributed by atoms with E-state index in [1.165, 1.54) is 18.3 Å². The summed E-state index contributed by atoms with van der Waals surface area (Å²) in [4.78, 5) is 15.3. The first kappa shape index (κ1) is 20.1. The fourth-order valence-corrected chi connectivity index (χ4v) is 2.29. The molecule has 1 aromatic rings. The molecule has 0 radical (unpaired) electrons. The molecular weight excluding hydrogens is 368 g/mol. The summed E-state index contributed by atoms with van der Waals surface area (Å²) in [5.74, 6) is -1.65. The van der Waals surface area contributed by atoms with Crippen LogP contribution >= 0.6 is 0 Å². The van der Waals surface area contributed by atoms with Gasteiger partial charge in [0.1, 0.15) is 0 Å². The minimum Gasteiger partial charge on any atom is -0.465 e. The van der Waals surface area contributed by atoms with E-state index in [-0.39, 0.29) is 25.3 Å². The number of halogens is 6. The highest BCUT2D eigenvalue weighted by molar-refractivity contribution is 5.74. The Hall–Kier alpha value is -2.20. The van der Waals surface area contributed by atoms with Gasteiger partial charge in [0.15, 0.2) is 6.10 Å². The van der Waals surface area contributed by atoms with E-state index in [1.54, 1.807) is 0 Å². The largest absolute Gasteiger partial charge is 0.465 e. The van der Waals surface area contributed by atoms with Crippen LogP contribution in [0.2, 0.25) is 0 Å². The molecule has 1 aromatic heterocycles. The first-order chi connectivity index (χ1) is 11.9. The topological polar surface area (TPSA) is 63.2 Å². The lowest BCUT2D eigenvalue weighted by Crippen LogP contribution is -2.51. The van der Waals surface area contributed by atoms with Gasteiger partial charge in [0.05, 0.1) is 5.92 Å². The number of carbonyl (C=O) groups is 1. The molecule has 0 aromatic carbocycles. The van der Waals surface area contributed by atoms with Crippen LogP contribution in [0.1, 0.15) is 25.3 Å². The molecule has 1 unspecified atom stereocenters. The second-order valence-electron chi connectivity index (χ2n) is 6.04. The van der Waals surface area contributed by atoms with Crippen LogP contribution in [0.15, 0.2) is 18.3 Å². The van der Waals surface area contributed by atoms with Gasteiger partial charge >= 0.3 is 18.4 Å². The molecule has 26 heavy (non-hydrogen) atoms. The van der Waals surface area contributed by atoms with E-state index >= 15 is 0 Å². The molecule has 5 nitrogen and oxygen atoms in total. The third kappa shape index (κ3) is 5.67. The fourth-order valence-electron chi connectivity index (χ4n) is 2.29. The molecule has 1 saturated carbocycles. The summed E-state index contributed by atoms with van der Waals surface area (Å²) < 4.78 is 79.2. The van der Waals surface area contributed by atoms with E-state index in [0.717, 1.165) is 6.92 Å². The zero-order valence-electron chi connectivity index (χ0n) is 13.6. The van der Waals surface area contributed by atoms with Crippen LogP contribution < -0.4 is 15.4 Å². The third-order valence-electron chi connectivity index (χ3n) is 3.95. The van der Waals surface area contributed by atoms with E-state index in [9.17, 15) is 31.1 Å². The van der Waals surface area contributed by atoms with Gasteiger partial charge in [0.2, 0.25) is 5.88 Å². The number of hydrogen-bond donors (Lipinski definition) is 2. The quantitative estimate of drug-likeness (QED) is 0.762. The molecule has 2 amide bonds. The molecule has 2 rings (SSSR count). The van der Waals surface area contributed by atoms with Crippen molar-refractivity contribution in [2.45, 2.75) is 50.8 Å². The second-order valence-corrected chi connectivity index (χ2v) is 6.04. The van der Waals surface area contributed by atoms with Gasteiger partial charge in [-0.3, -0.25) is 0 Å². The van der Waals surface area contributed by atoms with Gasteiger partial charge in [-0.2, -0.15) is 26.3 Å². The number of urea groups is 1. The van der Waals surface area contributed by atoms with Gasteiger partial charge in [0, 0.05) is 24.8 Å². The number of carbonyl (C=O) groups excluding carboxylic acids is 1. The minimum absolute atomic E-state index is 0.0411. The Bertz CT molecular complexity index is 629. The van der Waals surface area contributed by atoms with E-state index < -0.39 is 36.4 Å². The molecule has 1 aliphatic rings. The van der Waals surface area contributed by atoms with Crippen LogP contribution in [0.5, 0.6) is 5.88 Å². The van der Waals surface area contributed by atoms with Crippen LogP contribution in [-0.4, -0.2) is 35.5 Å². The number of nitrogens with zero attached hydrogens (tertiary/aromatic N) is 1. The molecule has 0 spiro atoms. The number of aromatic nitrogens is 1.